The van der Waals surface area contributed by atoms with Crippen molar-refractivity contribution in [3.63, 3.8) is 0 Å². The predicted molar refractivity (Wildman–Crippen MR) is 112 cm³/mol. The molecule has 0 unspecified atom stereocenters. The van der Waals surface area contributed by atoms with Gasteiger partial charge in [-0.3, -0.25) is 4.79 Å². The molecule has 8 nitrogen and oxygen atoms in total. The van der Waals surface area contributed by atoms with E-state index in [2.05, 4.69) is 20.0 Å². The van der Waals surface area contributed by atoms with Crippen molar-refractivity contribution in [2.45, 2.75) is 19.9 Å². The summed E-state index contributed by atoms with van der Waals surface area (Å²) in [5, 5.41) is 5.03. The van der Waals surface area contributed by atoms with Crippen LogP contribution in [0.15, 0.2) is 41.3 Å². The van der Waals surface area contributed by atoms with Gasteiger partial charge in [0.1, 0.15) is 11.6 Å². The van der Waals surface area contributed by atoms with Crippen molar-refractivity contribution in [3.05, 3.63) is 52.7 Å². The van der Waals surface area contributed by atoms with Gasteiger partial charge in [-0.2, -0.15) is 9.50 Å². The van der Waals surface area contributed by atoms with E-state index in [0.717, 1.165) is 18.5 Å². The van der Waals surface area contributed by atoms with Crippen LogP contribution in [0.5, 0.6) is 5.75 Å². The van der Waals surface area contributed by atoms with Gasteiger partial charge in [-0.05, 0) is 52.2 Å². The Morgan fingerprint density at radius 1 is 1.17 bits per heavy atom. The Kier molecular flexibility index (Phi) is 5.02. The lowest BCUT2D eigenvalue weighted by atomic mass is 10.1. The van der Waals surface area contributed by atoms with E-state index in [-0.39, 0.29) is 5.56 Å². The number of pyridine rings is 1. The van der Waals surface area contributed by atoms with Crippen molar-refractivity contribution in [1.29, 1.82) is 0 Å². The normalized spacial score (nSPS) is 11.6. The Hall–Kier alpha value is -3.26. The summed E-state index contributed by atoms with van der Waals surface area (Å²) < 4.78 is 8.78. The molecule has 0 aliphatic heterocycles. The number of benzene rings is 1. The molecular formula is C21H24N6O2. The molecule has 3 heterocycles. The van der Waals surface area contributed by atoms with Crippen LogP contribution in [0.4, 0.5) is 0 Å². The van der Waals surface area contributed by atoms with E-state index in [1.165, 1.54) is 0 Å². The van der Waals surface area contributed by atoms with E-state index in [1.807, 2.05) is 57.5 Å². The molecule has 0 atom stereocenters. The number of aryl methyl sites for hydroxylation is 2. The average molecular weight is 392 g/mol. The number of ether oxygens (including phenoxy) is 1. The van der Waals surface area contributed by atoms with Crippen molar-refractivity contribution in [2.75, 3.05) is 27.7 Å². The molecule has 0 fully saturated rings. The van der Waals surface area contributed by atoms with Crippen LogP contribution in [-0.2, 0) is 6.54 Å². The molecule has 3 aromatic heterocycles. The third-order valence-corrected chi connectivity index (χ3v) is 4.86. The molecule has 4 rings (SSSR count). The summed E-state index contributed by atoms with van der Waals surface area (Å²) in [5.41, 5.74) is 2.03. The van der Waals surface area contributed by atoms with Gasteiger partial charge in [0.15, 0.2) is 0 Å². The van der Waals surface area contributed by atoms with Gasteiger partial charge in [0.2, 0.25) is 0 Å². The number of fused-ring (bicyclic) bond motifs is 2. The minimum absolute atomic E-state index is 0.0818. The lowest BCUT2D eigenvalue weighted by Gasteiger charge is -2.13. The molecule has 0 bridgehead atoms. The van der Waals surface area contributed by atoms with Crippen molar-refractivity contribution in [3.8, 4) is 17.0 Å². The standard InChI is InChI=1S/C21H24N6O2/c1-14-22-21-23-17-9-12-26(11-6-10-25(2)3)20(28)18(17)19(27(21)24-14)15-7-5-8-16(13-15)29-4/h5,7-9,12-13H,6,10-11H2,1-4H3. The molecule has 0 radical (unpaired) electrons. The summed E-state index contributed by atoms with van der Waals surface area (Å²) in [6.07, 6.45) is 2.69. The fourth-order valence-electron chi connectivity index (χ4n) is 3.49. The largest absolute Gasteiger partial charge is 0.497 e. The van der Waals surface area contributed by atoms with E-state index in [9.17, 15) is 4.79 Å². The molecule has 29 heavy (non-hydrogen) atoms. The average Bonchev–Trinajstić information content (AvgIpc) is 3.07. The zero-order valence-electron chi connectivity index (χ0n) is 17.1. The Labute approximate surface area is 168 Å². The Morgan fingerprint density at radius 2 is 2.00 bits per heavy atom. The third kappa shape index (κ3) is 3.58. The van der Waals surface area contributed by atoms with Crippen molar-refractivity contribution in [2.24, 2.45) is 0 Å². The monoisotopic (exact) mass is 392 g/mol. The summed E-state index contributed by atoms with van der Waals surface area (Å²) in [5.74, 6) is 1.78. The topological polar surface area (TPSA) is 77.5 Å². The van der Waals surface area contributed by atoms with Gasteiger partial charge in [0.25, 0.3) is 11.3 Å². The first-order valence-corrected chi connectivity index (χ1v) is 9.53. The van der Waals surface area contributed by atoms with Crippen LogP contribution in [0.2, 0.25) is 0 Å². The van der Waals surface area contributed by atoms with Gasteiger partial charge in [0, 0.05) is 18.3 Å². The third-order valence-electron chi connectivity index (χ3n) is 4.86. The van der Waals surface area contributed by atoms with Gasteiger partial charge in [-0.25, -0.2) is 4.98 Å². The summed E-state index contributed by atoms with van der Waals surface area (Å²) >= 11 is 0. The fraction of sp³-hybridized carbons (Fsp3) is 0.333. The quantitative estimate of drug-likeness (QED) is 0.501. The lowest BCUT2D eigenvalue weighted by molar-refractivity contribution is 0.385. The van der Waals surface area contributed by atoms with Gasteiger partial charge >= 0.3 is 0 Å². The first-order valence-electron chi connectivity index (χ1n) is 9.53. The maximum atomic E-state index is 13.4. The Balaban J connectivity index is 1.99. The van der Waals surface area contributed by atoms with Crippen LogP contribution >= 0.6 is 0 Å². The van der Waals surface area contributed by atoms with Crippen LogP contribution in [0.3, 0.4) is 0 Å². The maximum absolute atomic E-state index is 13.4. The number of aromatic nitrogens is 5. The minimum atomic E-state index is -0.0818. The number of hydrogen-bond acceptors (Lipinski definition) is 6. The Morgan fingerprint density at radius 3 is 2.76 bits per heavy atom. The SMILES string of the molecule is COc1cccc(-c2c3c(=O)n(CCCN(C)C)ccc3nc3nc(C)nn23)c1. The number of hydrogen-bond donors (Lipinski definition) is 0. The van der Waals surface area contributed by atoms with E-state index >= 15 is 0 Å². The van der Waals surface area contributed by atoms with E-state index < -0.39 is 0 Å². The van der Waals surface area contributed by atoms with Crippen LogP contribution in [0.25, 0.3) is 27.9 Å². The number of nitrogens with zero attached hydrogens (tertiary/aromatic N) is 6. The molecule has 0 amide bonds. The second-order valence-corrected chi connectivity index (χ2v) is 7.29. The van der Waals surface area contributed by atoms with Gasteiger partial charge in [-0.15, -0.1) is 5.10 Å². The molecule has 0 aliphatic carbocycles. The van der Waals surface area contributed by atoms with Crippen LogP contribution in [0.1, 0.15) is 12.2 Å². The van der Waals surface area contributed by atoms with E-state index in [4.69, 9.17) is 4.74 Å². The van der Waals surface area contributed by atoms with E-state index in [1.54, 1.807) is 16.2 Å². The second kappa shape index (κ2) is 7.63. The highest BCUT2D eigenvalue weighted by molar-refractivity contribution is 5.93. The van der Waals surface area contributed by atoms with Crippen LogP contribution < -0.4 is 10.3 Å². The van der Waals surface area contributed by atoms with Crippen molar-refractivity contribution in [1.82, 2.24) is 29.0 Å². The van der Waals surface area contributed by atoms with E-state index in [0.29, 0.717) is 40.5 Å². The summed E-state index contributed by atoms with van der Waals surface area (Å²) in [4.78, 5) is 24.5. The van der Waals surface area contributed by atoms with Gasteiger partial charge in [-0.1, -0.05) is 12.1 Å². The molecule has 8 heteroatoms. The first-order chi connectivity index (χ1) is 14.0. The molecule has 0 N–H and O–H groups in total. The van der Waals surface area contributed by atoms with Gasteiger partial charge in [0.05, 0.1) is 23.7 Å². The molecule has 0 aliphatic rings. The van der Waals surface area contributed by atoms with Gasteiger partial charge < -0.3 is 14.2 Å². The lowest BCUT2D eigenvalue weighted by Crippen LogP contribution is -2.23. The molecule has 4 aromatic rings. The molecule has 0 saturated carbocycles. The summed E-state index contributed by atoms with van der Waals surface area (Å²) in [6.45, 7) is 3.36. The molecule has 150 valence electrons. The van der Waals surface area contributed by atoms with Crippen molar-refractivity contribution < 1.29 is 4.74 Å². The van der Waals surface area contributed by atoms with Crippen LogP contribution in [0, 0.1) is 6.92 Å². The fourth-order valence-corrected chi connectivity index (χ4v) is 3.49. The maximum Gasteiger partial charge on any atom is 0.262 e. The summed E-state index contributed by atoms with van der Waals surface area (Å²) in [7, 11) is 5.67. The summed E-state index contributed by atoms with van der Waals surface area (Å²) in [6, 6.07) is 9.48. The highest BCUT2D eigenvalue weighted by Crippen LogP contribution is 2.28. The zero-order valence-corrected chi connectivity index (χ0v) is 17.1. The zero-order chi connectivity index (χ0) is 20.5. The molecule has 0 saturated heterocycles. The predicted octanol–water partition coefficient (Wildman–Crippen LogP) is 2.37. The smallest absolute Gasteiger partial charge is 0.262 e. The van der Waals surface area contributed by atoms with Crippen LogP contribution in [-0.4, -0.2) is 56.8 Å². The first kappa shape index (κ1) is 19.1. The number of methoxy groups -OCH3 is 1. The Bertz CT molecular complexity index is 1240. The second-order valence-electron chi connectivity index (χ2n) is 7.29. The minimum Gasteiger partial charge on any atom is -0.497 e. The molecule has 1 aromatic carbocycles. The highest BCUT2D eigenvalue weighted by Gasteiger charge is 2.18. The number of rotatable bonds is 6. The highest BCUT2D eigenvalue weighted by atomic mass is 16.5. The molecule has 0 spiro atoms. The van der Waals surface area contributed by atoms with Crippen molar-refractivity contribution >= 4 is 16.7 Å². The molecular weight excluding hydrogens is 368 g/mol.